The number of aromatic hydroxyl groups is 1. The van der Waals surface area contributed by atoms with Crippen molar-refractivity contribution in [3.8, 4) is 5.75 Å². The van der Waals surface area contributed by atoms with Gasteiger partial charge in [-0.1, -0.05) is 0 Å². The van der Waals surface area contributed by atoms with Crippen LogP contribution in [0.3, 0.4) is 0 Å². The standard InChI is InChI=1S/C14H21N3O4/c1-15-7-2-8-16-12(14(20)21)9-13(19)17-10-3-5-11(18)6-4-10/h3-6,12,15-16,18H,2,7-9H2,1H3,(H,17,19)(H,20,21)/t12-/m0/s1. The molecule has 116 valence electrons. The zero-order chi connectivity index (χ0) is 15.7. The van der Waals surface area contributed by atoms with Gasteiger partial charge < -0.3 is 26.2 Å². The molecule has 7 nitrogen and oxygen atoms in total. The summed E-state index contributed by atoms with van der Waals surface area (Å²) in [6.45, 7) is 1.29. The zero-order valence-electron chi connectivity index (χ0n) is 11.9. The fourth-order valence-electron chi connectivity index (χ4n) is 1.73. The van der Waals surface area contributed by atoms with E-state index >= 15 is 0 Å². The fraction of sp³-hybridized carbons (Fsp3) is 0.429. The second-order valence-electron chi connectivity index (χ2n) is 4.60. The Labute approximate surface area is 123 Å². The Morgan fingerprint density at radius 1 is 1.19 bits per heavy atom. The molecular weight excluding hydrogens is 274 g/mol. The van der Waals surface area contributed by atoms with Crippen molar-refractivity contribution in [2.24, 2.45) is 0 Å². The summed E-state index contributed by atoms with van der Waals surface area (Å²) in [4.78, 5) is 22.9. The minimum atomic E-state index is -1.06. The zero-order valence-corrected chi connectivity index (χ0v) is 11.9. The molecule has 0 unspecified atom stereocenters. The highest BCUT2D eigenvalue weighted by Crippen LogP contribution is 2.14. The number of carboxylic acids is 1. The molecule has 0 aliphatic heterocycles. The van der Waals surface area contributed by atoms with E-state index in [1.165, 1.54) is 12.1 Å². The number of rotatable bonds is 9. The molecule has 0 saturated carbocycles. The predicted octanol–water partition coefficient (Wildman–Crippen LogP) is 0.373. The summed E-state index contributed by atoms with van der Waals surface area (Å²) >= 11 is 0. The van der Waals surface area contributed by atoms with Crippen molar-refractivity contribution in [1.82, 2.24) is 10.6 Å². The summed E-state index contributed by atoms with van der Waals surface area (Å²) in [5.41, 5.74) is 0.511. The highest BCUT2D eigenvalue weighted by atomic mass is 16.4. The van der Waals surface area contributed by atoms with Crippen LogP contribution in [0.2, 0.25) is 0 Å². The van der Waals surface area contributed by atoms with Gasteiger partial charge in [-0.15, -0.1) is 0 Å². The van der Waals surface area contributed by atoms with Gasteiger partial charge in [0.1, 0.15) is 11.8 Å². The van der Waals surface area contributed by atoms with Crippen LogP contribution in [0.15, 0.2) is 24.3 Å². The molecular formula is C14H21N3O4. The molecule has 0 bridgehead atoms. The van der Waals surface area contributed by atoms with Gasteiger partial charge >= 0.3 is 5.97 Å². The maximum Gasteiger partial charge on any atom is 0.321 e. The summed E-state index contributed by atoms with van der Waals surface area (Å²) in [6.07, 6.45) is 0.621. The van der Waals surface area contributed by atoms with E-state index in [1.807, 2.05) is 7.05 Å². The number of hydrogen-bond acceptors (Lipinski definition) is 5. The maximum atomic E-state index is 11.8. The Morgan fingerprint density at radius 3 is 2.43 bits per heavy atom. The Balaban J connectivity index is 2.44. The van der Waals surface area contributed by atoms with Crippen LogP contribution >= 0.6 is 0 Å². The monoisotopic (exact) mass is 295 g/mol. The van der Waals surface area contributed by atoms with Crippen LogP contribution in [0.1, 0.15) is 12.8 Å². The Kier molecular flexibility index (Phi) is 7.20. The second-order valence-corrected chi connectivity index (χ2v) is 4.60. The number of aliphatic carboxylic acids is 1. The number of carbonyl (C=O) groups is 2. The number of carboxylic acid groups (broad SMARTS) is 1. The molecule has 0 aliphatic carbocycles. The van der Waals surface area contributed by atoms with Gasteiger partial charge in [-0.25, -0.2) is 0 Å². The quantitative estimate of drug-likeness (QED) is 0.332. The van der Waals surface area contributed by atoms with Gasteiger partial charge in [-0.2, -0.15) is 0 Å². The van der Waals surface area contributed by atoms with Crippen LogP contribution < -0.4 is 16.0 Å². The first-order valence-corrected chi connectivity index (χ1v) is 6.72. The largest absolute Gasteiger partial charge is 0.508 e. The average molecular weight is 295 g/mol. The van der Waals surface area contributed by atoms with Gasteiger partial charge in [0.2, 0.25) is 5.91 Å². The predicted molar refractivity (Wildman–Crippen MR) is 79.3 cm³/mol. The summed E-state index contributed by atoms with van der Waals surface area (Å²) < 4.78 is 0. The second kappa shape index (κ2) is 8.93. The van der Waals surface area contributed by atoms with Gasteiger partial charge in [-0.05, 0) is 50.8 Å². The third-order valence-electron chi connectivity index (χ3n) is 2.83. The topological polar surface area (TPSA) is 111 Å². The fourth-order valence-corrected chi connectivity index (χ4v) is 1.73. The third-order valence-corrected chi connectivity index (χ3v) is 2.83. The van der Waals surface area contributed by atoms with Crippen molar-refractivity contribution in [2.45, 2.75) is 18.9 Å². The first-order valence-electron chi connectivity index (χ1n) is 6.72. The van der Waals surface area contributed by atoms with E-state index in [-0.39, 0.29) is 12.2 Å². The molecule has 1 aromatic carbocycles. The number of anilines is 1. The first-order chi connectivity index (χ1) is 10.0. The van der Waals surface area contributed by atoms with Crippen molar-refractivity contribution in [2.75, 3.05) is 25.5 Å². The lowest BCUT2D eigenvalue weighted by Crippen LogP contribution is -2.40. The molecule has 1 atom stereocenters. The molecule has 0 radical (unpaired) electrons. The van der Waals surface area contributed by atoms with Crippen molar-refractivity contribution < 1.29 is 19.8 Å². The maximum absolute atomic E-state index is 11.8. The van der Waals surface area contributed by atoms with E-state index in [0.29, 0.717) is 12.2 Å². The molecule has 0 heterocycles. The molecule has 1 amide bonds. The molecule has 1 aromatic rings. The molecule has 0 spiro atoms. The molecule has 0 aliphatic rings. The van der Waals surface area contributed by atoms with Crippen LogP contribution in [0.4, 0.5) is 5.69 Å². The molecule has 5 N–H and O–H groups in total. The summed E-state index contributed by atoms with van der Waals surface area (Å²) in [6, 6.07) is 5.06. The number of hydrogen-bond donors (Lipinski definition) is 5. The molecule has 0 saturated heterocycles. The number of phenols is 1. The average Bonchev–Trinajstić information content (AvgIpc) is 2.44. The molecule has 7 heteroatoms. The van der Waals surface area contributed by atoms with E-state index < -0.39 is 17.9 Å². The molecule has 0 aromatic heterocycles. The number of nitrogens with one attached hydrogen (secondary N) is 3. The third kappa shape index (κ3) is 6.73. The van der Waals surface area contributed by atoms with Crippen LogP contribution in [-0.2, 0) is 9.59 Å². The van der Waals surface area contributed by atoms with Crippen molar-refractivity contribution in [1.29, 1.82) is 0 Å². The Morgan fingerprint density at radius 2 is 1.86 bits per heavy atom. The van der Waals surface area contributed by atoms with E-state index in [4.69, 9.17) is 10.2 Å². The smallest absolute Gasteiger partial charge is 0.321 e. The van der Waals surface area contributed by atoms with Crippen LogP contribution in [0.5, 0.6) is 5.75 Å². The first kappa shape index (κ1) is 16.9. The number of phenolic OH excluding ortho intramolecular Hbond substituents is 1. The van der Waals surface area contributed by atoms with Crippen LogP contribution in [0, 0.1) is 0 Å². The van der Waals surface area contributed by atoms with Crippen LogP contribution in [0.25, 0.3) is 0 Å². The summed E-state index contributed by atoms with van der Waals surface area (Å²) in [7, 11) is 1.82. The molecule has 0 fully saturated rings. The number of amides is 1. The van der Waals surface area contributed by atoms with Crippen molar-refractivity contribution >= 4 is 17.6 Å². The van der Waals surface area contributed by atoms with Gasteiger partial charge in [0, 0.05) is 5.69 Å². The summed E-state index contributed by atoms with van der Waals surface area (Å²) in [5, 5.41) is 26.6. The lowest BCUT2D eigenvalue weighted by Gasteiger charge is -2.14. The highest BCUT2D eigenvalue weighted by molar-refractivity contribution is 5.94. The molecule has 21 heavy (non-hydrogen) atoms. The normalized spacial score (nSPS) is 11.9. The van der Waals surface area contributed by atoms with Gasteiger partial charge in [0.15, 0.2) is 0 Å². The number of benzene rings is 1. The number of carbonyl (C=O) groups excluding carboxylic acids is 1. The lowest BCUT2D eigenvalue weighted by molar-refractivity contribution is -0.141. The van der Waals surface area contributed by atoms with E-state index in [9.17, 15) is 9.59 Å². The lowest BCUT2D eigenvalue weighted by atomic mass is 10.2. The highest BCUT2D eigenvalue weighted by Gasteiger charge is 2.20. The Hall–Kier alpha value is -2.12. The van der Waals surface area contributed by atoms with E-state index in [1.54, 1.807) is 12.1 Å². The van der Waals surface area contributed by atoms with E-state index in [0.717, 1.165) is 13.0 Å². The van der Waals surface area contributed by atoms with Crippen molar-refractivity contribution in [3.05, 3.63) is 24.3 Å². The Bertz CT molecular complexity index is 462. The van der Waals surface area contributed by atoms with Gasteiger partial charge in [-0.3, -0.25) is 9.59 Å². The minimum absolute atomic E-state index is 0.0996. The van der Waals surface area contributed by atoms with Gasteiger partial charge in [0.05, 0.1) is 6.42 Å². The van der Waals surface area contributed by atoms with Crippen molar-refractivity contribution in [3.63, 3.8) is 0 Å². The summed E-state index contributed by atoms with van der Waals surface area (Å²) in [5.74, 6) is -1.35. The van der Waals surface area contributed by atoms with Gasteiger partial charge in [0.25, 0.3) is 0 Å². The van der Waals surface area contributed by atoms with Crippen LogP contribution in [-0.4, -0.2) is 48.3 Å². The minimum Gasteiger partial charge on any atom is -0.508 e. The van der Waals surface area contributed by atoms with E-state index in [2.05, 4.69) is 16.0 Å². The SMILES string of the molecule is CNCCCN[C@@H](CC(=O)Nc1ccc(O)cc1)C(=O)O. The molecule has 1 rings (SSSR count).